The highest BCUT2D eigenvalue weighted by atomic mass is 16.5. The number of hydrogen-bond acceptors (Lipinski definition) is 4. The Balaban J connectivity index is 1.76. The van der Waals surface area contributed by atoms with Crippen LogP contribution >= 0.6 is 0 Å². The molecule has 4 nitrogen and oxygen atoms in total. The summed E-state index contributed by atoms with van der Waals surface area (Å²) >= 11 is 0. The van der Waals surface area contributed by atoms with Gasteiger partial charge in [-0.3, -0.25) is 4.79 Å². The van der Waals surface area contributed by atoms with Gasteiger partial charge in [-0.15, -0.1) is 0 Å². The molecular formula is C32H36O4. The van der Waals surface area contributed by atoms with Gasteiger partial charge in [-0.25, -0.2) is 0 Å². The molecule has 4 rings (SSSR count). The Labute approximate surface area is 214 Å². The molecule has 0 unspecified atom stereocenters. The van der Waals surface area contributed by atoms with Crippen molar-refractivity contribution in [3.05, 3.63) is 102 Å². The van der Waals surface area contributed by atoms with Gasteiger partial charge in [-0.2, -0.15) is 0 Å². The van der Waals surface area contributed by atoms with Gasteiger partial charge in [0.2, 0.25) is 0 Å². The Morgan fingerprint density at radius 3 is 2.08 bits per heavy atom. The molecule has 0 N–H and O–H groups in total. The van der Waals surface area contributed by atoms with Gasteiger partial charge in [0.25, 0.3) is 0 Å². The standard InChI is InChI=1S/C32H36O4/c1-23-18-19-28(31(2,3)24-12-7-5-8-13-24)29(20-23)36-30(34)32(22-33,25-14-9-6-10-15-25)26-16-11-17-27(21-26)35-4/h5-17,21-23,28-29H,18-20H2,1-4H3/t23-,28-,29-,32+/m1/s1. The van der Waals surface area contributed by atoms with Gasteiger partial charge in [-0.05, 0) is 53.0 Å². The van der Waals surface area contributed by atoms with Gasteiger partial charge in [0, 0.05) is 5.92 Å². The molecule has 1 aliphatic rings. The number of carbonyl (C=O) groups excluding carboxylic acids is 2. The summed E-state index contributed by atoms with van der Waals surface area (Å²) in [5, 5.41) is 0. The third kappa shape index (κ3) is 4.82. The Morgan fingerprint density at radius 2 is 1.47 bits per heavy atom. The van der Waals surface area contributed by atoms with Crippen LogP contribution in [-0.4, -0.2) is 25.5 Å². The fourth-order valence-corrected chi connectivity index (χ4v) is 5.75. The van der Waals surface area contributed by atoms with Gasteiger partial charge in [0.1, 0.15) is 18.1 Å². The van der Waals surface area contributed by atoms with Crippen LogP contribution in [0.25, 0.3) is 0 Å². The third-order valence-corrected chi connectivity index (χ3v) is 8.01. The molecule has 0 heterocycles. The van der Waals surface area contributed by atoms with E-state index in [1.54, 1.807) is 31.4 Å². The van der Waals surface area contributed by atoms with Crippen molar-refractivity contribution in [1.82, 2.24) is 0 Å². The van der Waals surface area contributed by atoms with Crippen molar-refractivity contribution >= 4 is 12.3 Å². The Kier molecular flexibility index (Phi) is 7.63. The maximum Gasteiger partial charge on any atom is 0.328 e. The van der Waals surface area contributed by atoms with Gasteiger partial charge in [0.05, 0.1) is 7.11 Å². The topological polar surface area (TPSA) is 52.6 Å². The molecule has 1 aliphatic carbocycles. The minimum Gasteiger partial charge on any atom is -0.497 e. The van der Waals surface area contributed by atoms with Crippen LogP contribution in [0.1, 0.15) is 56.7 Å². The molecule has 0 amide bonds. The predicted octanol–water partition coefficient (Wildman–Crippen LogP) is 6.51. The molecule has 3 aromatic rings. The second kappa shape index (κ2) is 10.7. The van der Waals surface area contributed by atoms with Crippen LogP contribution in [0.5, 0.6) is 5.75 Å². The monoisotopic (exact) mass is 484 g/mol. The van der Waals surface area contributed by atoms with Gasteiger partial charge < -0.3 is 14.3 Å². The third-order valence-electron chi connectivity index (χ3n) is 8.01. The van der Waals surface area contributed by atoms with E-state index in [9.17, 15) is 9.59 Å². The zero-order valence-corrected chi connectivity index (χ0v) is 21.6. The van der Waals surface area contributed by atoms with Crippen LogP contribution in [-0.2, 0) is 25.2 Å². The molecule has 36 heavy (non-hydrogen) atoms. The van der Waals surface area contributed by atoms with E-state index in [1.807, 2.05) is 36.4 Å². The number of hydrogen-bond donors (Lipinski definition) is 0. The maximum absolute atomic E-state index is 14.2. The van der Waals surface area contributed by atoms with Crippen molar-refractivity contribution in [3.8, 4) is 5.75 Å². The van der Waals surface area contributed by atoms with E-state index in [-0.39, 0.29) is 17.4 Å². The number of esters is 1. The lowest BCUT2D eigenvalue weighted by Crippen LogP contribution is -2.48. The zero-order chi connectivity index (χ0) is 25.8. The first-order valence-corrected chi connectivity index (χ1v) is 12.8. The van der Waals surface area contributed by atoms with E-state index in [1.165, 1.54) is 5.56 Å². The molecular weight excluding hydrogens is 448 g/mol. The molecule has 4 atom stereocenters. The Hall–Kier alpha value is -3.40. The van der Waals surface area contributed by atoms with Crippen molar-refractivity contribution in [2.45, 2.75) is 57.0 Å². The second-order valence-electron chi connectivity index (χ2n) is 10.6. The molecule has 1 saturated carbocycles. The van der Waals surface area contributed by atoms with Crippen molar-refractivity contribution in [3.63, 3.8) is 0 Å². The van der Waals surface area contributed by atoms with Crippen LogP contribution < -0.4 is 4.74 Å². The Bertz CT molecular complexity index is 1170. The second-order valence-corrected chi connectivity index (χ2v) is 10.6. The van der Waals surface area contributed by atoms with Gasteiger partial charge in [-0.1, -0.05) is 100.0 Å². The van der Waals surface area contributed by atoms with Crippen LogP contribution in [0, 0.1) is 11.8 Å². The molecule has 0 radical (unpaired) electrons. The van der Waals surface area contributed by atoms with E-state index in [2.05, 4.69) is 45.0 Å². The first kappa shape index (κ1) is 25.7. The SMILES string of the molecule is COc1cccc([C@@](C=O)(C(=O)O[C@@H]2C[C@H](C)CC[C@H]2C(C)(C)c2ccccc2)c2ccccc2)c1. The van der Waals surface area contributed by atoms with Crippen LogP contribution in [0.3, 0.4) is 0 Å². The highest BCUT2D eigenvalue weighted by Gasteiger charge is 2.48. The summed E-state index contributed by atoms with van der Waals surface area (Å²) < 4.78 is 11.8. The minimum atomic E-state index is -1.59. The van der Waals surface area contributed by atoms with E-state index in [4.69, 9.17) is 9.47 Å². The number of ether oxygens (including phenoxy) is 2. The molecule has 188 valence electrons. The lowest BCUT2D eigenvalue weighted by molar-refractivity contribution is -0.162. The summed E-state index contributed by atoms with van der Waals surface area (Å²) in [6.07, 6.45) is 3.24. The van der Waals surface area contributed by atoms with E-state index in [0.29, 0.717) is 22.8 Å². The maximum atomic E-state index is 14.2. The molecule has 0 spiro atoms. The molecule has 3 aromatic carbocycles. The number of methoxy groups -OCH3 is 1. The van der Waals surface area contributed by atoms with Gasteiger partial charge in [0.15, 0.2) is 5.41 Å². The number of benzene rings is 3. The summed E-state index contributed by atoms with van der Waals surface area (Å²) in [7, 11) is 1.57. The van der Waals surface area contributed by atoms with Crippen LogP contribution in [0.2, 0.25) is 0 Å². The summed E-state index contributed by atoms with van der Waals surface area (Å²) in [5.41, 5.74) is 0.566. The predicted molar refractivity (Wildman–Crippen MR) is 142 cm³/mol. The van der Waals surface area contributed by atoms with Crippen molar-refractivity contribution in [2.75, 3.05) is 7.11 Å². The van der Waals surface area contributed by atoms with Crippen molar-refractivity contribution in [2.24, 2.45) is 11.8 Å². The van der Waals surface area contributed by atoms with Gasteiger partial charge >= 0.3 is 5.97 Å². The van der Waals surface area contributed by atoms with Crippen molar-refractivity contribution in [1.29, 1.82) is 0 Å². The van der Waals surface area contributed by atoms with E-state index < -0.39 is 11.4 Å². The normalized spacial score (nSPS) is 21.7. The van der Waals surface area contributed by atoms with E-state index >= 15 is 0 Å². The van der Waals surface area contributed by atoms with Crippen LogP contribution in [0.4, 0.5) is 0 Å². The fourth-order valence-electron chi connectivity index (χ4n) is 5.75. The first-order valence-electron chi connectivity index (χ1n) is 12.8. The number of aldehydes is 1. The average Bonchev–Trinajstić information content (AvgIpc) is 2.90. The molecule has 0 bridgehead atoms. The summed E-state index contributed by atoms with van der Waals surface area (Å²) in [4.78, 5) is 27.1. The average molecular weight is 485 g/mol. The largest absolute Gasteiger partial charge is 0.497 e. The summed E-state index contributed by atoms with van der Waals surface area (Å²) in [6.45, 7) is 6.67. The van der Waals surface area contributed by atoms with Crippen molar-refractivity contribution < 1.29 is 19.1 Å². The summed E-state index contributed by atoms with van der Waals surface area (Å²) in [6, 6.07) is 26.7. The lowest BCUT2D eigenvalue weighted by atomic mass is 9.64. The quantitative estimate of drug-likeness (QED) is 0.208. The minimum absolute atomic E-state index is 0.130. The van der Waals surface area contributed by atoms with E-state index in [0.717, 1.165) is 25.5 Å². The number of carbonyl (C=O) groups is 2. The number of rotatable bonds is 8. The molecule has 0 aliphatic heterocycles. The smallest absolute Gasteiger partial charge is 0.328 e. The Morgan fingerprint density at radius 1 is 0.861 bits per heavy atom. The first-order chi connectivity index (χ1) is 17.3. The zero-order valence-electron chi connectivity index (χ0n) is 21.6. The highest BCUT2D eigenvalue weighted by Crippen LogP contribution is 2.45. The molecule has 4 heteroatoms. The highest BCUT2D eigenvalue weighted by molar-refractivity contribution is 6.04. The molecule has 1 fully saturated rings. The molecule has 0 aromatic heterocycles. The summed E-state index contributed by atoms with van der Waals surface area (Å²) in [5.74, 6) is 0.608. The fraction of sp³-hybridized carbons (Fsp3) is 0.375. The van der Waals surface area contributed by atoms with Crippen LogP contribution in [0.15, 0.2) is 84.9 Å². The lowest BCUT2D eigenvalue weighted by Gasteiger charge is -2.44. The molecule has 0 saturated heterocycles.